The van der Waals surface area contributed by atoms with E-state index in [1.807, 2.05) is 12.1 Å². The van der Waals surface area contributed by atoms with Crippen molar-refractivity contribution in [3.8, 4) is 5.88 Å². The van der Waals surface area contributed by atoms with E-state index < -0.39 is 15.7 Å². The fourth-order valence-corrected chi connectivity index (χ4v) is 6.11. The predicted octanol–water partition coefficient (Wildman–Crippen LogP) is 3.52. The lowest BCUT2D eigenvalue weighted by atomic mass is 10.0. The largest absolute Gasteiger partial charge is 0.480 e. The molecule has 0 aliphatic heterocycles. The van der Waals surface area contributed by atoms with E-state index in [0.29, 0.717) is 35.8 Å². The number of halogens is 1. The monoisotopic (exact) mass is 485 g/mol. The number of fused-ring (bicyclic) bond motifs is 2. The molecule has 1 unspecified atom stereocenters. The first-order valence-electron chi connectivity index (χ1n) is 11.4. The van der Waals surface area contributed by atoms with Crippen LogP contribution < -0.4 is 14.8 Å². The van der Waals surface area contributed by atoms with Gasteiger partial charge in [0, 0.05) is 47.2 Å². The molecule has 0 radical (unpaired) electrons. The molecule has 34 heavy (non-hydrogen) atoms. The molecule has 180 valence electrons. The molecule has 1 fully saturated rings. The van der Waals surface area contributed by atoms with E-state index in [-0.39, 0.29) is 17.5 Å². The second-order valence-electron chi connectivity index (χ2n) is 9.70. The van der Waals surface area contributed by atoms with Crippen molar-refractivity contribution < 1.29 is 17.5 Å². The number of methoxy groups -OCH3 is 1. The first-order chi connectivity index (χ1) is 16.1. The van der Waals surface area contributed by atoms with Crippen LogP contribution in [-0.4, -0.2) is 49.0 Å². The smallest absolute Gasteiger partial charge is 0.241 e. The maximum atomic E-state index is 14.2. The highest BCUT2D eigenvalue weighted by molar-refractivity contribution is 7.89. The molecule has 5 rings (SSSR count). The summed E-state index contributed by atoms with van der Waals surface area (Å²) < 4.78 is 48.8. The highest BCUT2D eigenvalue weighted by Gasteiger charge is 2.33. The SMILES string of the molecule is COc1ccc(NC2Cc3cc4cnc(C5CC5)cc4c(S(=O)(=O)NCC(C)(C)F)c3C2)nn1. The summed E-state index contributed by atoms with van der Waals surface area (Å²) in [6.45, 7) is 2.41. The Kier molecular flexibility index (Phi) is 5.68. The fourth-order valence-electron chi connectivity index (χ4n) is 4.43. The van der Waals surface area contributed by atoms with Crippen molar-refractivity contribution in [1.82, 2.24) is 19.9 Å². The number of hydrogen-bond acceptors (Lipinski definition) is 7. The third-order valence-electron chi connectivity index (χ3n) is 6.26. The molecule has 0 amide bonds. The van der Waals surface area contributed by atoms with Gasteiger partial charge < -0.3 is 10.1 Å². The number of hydrogen-bond donors (Lipinski definition) is 2. The molecule has 2 aliphatic carbocycles. The van der Waals surface area contributed by atoms with Crippen LogP contribution in [0.15, 0.2) is 35.4 Å². The molecule has 2 aromatic heterocycles. The summed E-state index contributed by atoms with van der Waals surface area (Å²) in [4.78, 5) is 4.82. The molecule has 8 nitrogen and oxygen atoms in total. The molecular formula is C24H28FN5O3S. The van der Waals surface area contributed by atoms with Crippen molar-refractivity contribution >= 4 is 26.6 Å². The second kappa shape index (κ2) is 8.42. The lowest BCUT2D eigenvalue weighted by molar-refractivity contribution is 0.221. The number of pyridine rings is 1. The van der Waals surface area contributed by atoms with Gasteiger partial charge in [0.2, 0.25) is 15.9 Å². The van der Waals surface area contributed by atoms with Crippen LogP contribution in [0.3, 0.4) is 0 Å². The van der Waals surface area contributed by atoms with E-state index in [0.717, 1.165) is 35.0 Å². The van der Waals surface area contributed by atoms with E-state index in [9.17, 15) is 12.8 Å². The number of ether oxygens (including phenoxy) is 1. The molecule has 0 bridgehead atoms. The lowest BCUT2D eigenvalue weighted by Gasteiger charge is -2.18. The van der Waals surface area contributed by atoms with Gasteiger partial charge in [-0.05, 0) is 68.9 Å². The number of alkyl halides is 1. The molecular weight excluding hydrogens is 457 g/mol. The van der Waals surface area contributed by atoms with E-state index >= 15 is 0 Å². The van der Waals surface area contributed by atoms with E-state index in [4.69, 9.17) is 4.74 Å². The highest BCUT2D eigenvalue weighted by Crippen LogP contribution is 2.42. The van der Waals surface area contributed by atoms with E-state index in [2.05, 4.69) is 25.2 Å². The molecule has 2 N–H and O–H groups in total. The minimum atomic E-state index is -3.96. The van der Waals surface area contributed by atoms with Gasteiger partial charge in [-0.3, -0.25) is 4.98 Å². The Balaban J connectivity index is 1.54. The Morgan fingerprint density at radius 1 is 1.18 bits per heavy atom. The van der Waals surface area contributed by atoms with Crippen molar-refractivity contribution in [3.63, 3.8) is 0 Å². The molecule has 1 atom stereocenters. The molecule has 3 aromatic rings. The van der Waals surface area contributed by atoms with Crippen LogP contribution in [0, 0.1) is 0 Å². The Morgan fingerprint density at radius 2 is 1.97 bits per heavy atom. The Morgan fingerprint density at radius 3 is 2.62 bits per heavy atom. The Labute approximate surface area is 198 Å². The van der Waals surface area contributed by atoms with Gasteiger partial charge in [0.05, 0.1) is 12.0 Å². The van der Waals surface area contributed by atoms with Crippen molar-refractivity contribution in [2.45, 2.75) is 62.1 Å². The first kappa shape index (κ1) is 22.9. The van der Waals surface area contributed by atoms with Gasteiger partial charge in [-0.15, -0.1) is 10.2 Å². The number of rotatable bonds is 8. The average molecular weight is 486 g/mol. The maximum Gasteiger partial charge on any atom is 0.241 e. The third kappa shape index (κ3) is 4.69. The number of nitrogens with zero attached hydrogens (tertiary/aromatic N) is 3. The number of benzene rings is 1. The maximum absolute atomic E-state index is 14.2. The van der Waals surface area contributed by atoms with Crippen molar-refractivity contribution in [2.75, 3.05) is 19.0 Å². The van der Waals surface area contributed by atoms with Crippen LogP contribution in [0.5, 0.6) is 5.88 Å². The molecule has 10 heteroatoms. The van der Waals surface area contributed by atoms with Gasteiger partial charge in [-0.25, -0.2) is 17.5 Å². The normalized spacial score (nSPS) is 18.2. The third-order valence-corrected chi connectivity index (χ3v) is 7.79. The first-order valence-corrected chi connectivity index (χ1v) is 12.9. The molecule has 0 saturated heterocycles. The van der Waals surface area contributed by atoms with Crippen LogP contribution in [0.1, 0.15) is 49.4 Å². The van der Waals surface area contributed by atoms with Gasteiger partial charge in [0.1, 0.15) is 11.5 Å². The number of anilines is 1. The summed E-state index contributed by atoms with van der Waals surface area (Å²) >= 11 is 0. The Hall–Kier alpha value is -2.85. The summed E-state index contributed by atoms with van der Waals surface area (Å²) in [6, 6.07) is 7.36. The van der Waals surface area contributed by atoms with Gasteiger partial charge in [-0.2, -0.15) is 0 Å². The zero-order valence-electron chi connectivity index (χ0n) is 19.4. The van der Waals surface area contributed by atoms with Gasteiger partial charge >= 0.3 is 0 Å². The van der Waals surface area contributed by atoms with Gasteiger partial charge in [0.15, 0.2) is 0 Å². The van der Waals surface area contributed by atoms with Crippen molar-refractivity contribution in [1.29, 1.82) is 0 Å². The molecule has 2 heterocycles. The predicted molar refractivity (Wildman–Crippen MR) is 127 cm³/mol. The lowest BCUT2D eigenvalue weighted by Crippen LogP contribution is -2.36. The van der Waals surface area contributed by atoms with Crippen molar-refractivity contribution in [2.24, 2.45) is 0 Å². The average Bonchev–Trinajstić information content (AvgIpc) is 3.56. The van der Waals surface area contributed by atoms with Crippen LogP contribution in [0.25, 0.3) is 10.8 Å². The van der Waals surface area contributed by atoms with Gasteiger partial charge in [-0.1, -0.05) is 0 Å². The van der Waals surface area contributed by atoms with Gasteiger partial charge in [0.25, 0.3) is 0 Å². The van der Waals surface area contributed by atoms with Crippen LogP contribution in [-0.2, 0) is 22.9 Å². The summed E-state index contributed by atoms with van der Waals surface area (Å²) in [5.74, 6) is 1.39. The summed E-state index contributed by atoms with van der Waals surface area (Å²) in [5.41, 5.74) is 0.936. The van der Waals surface area contributed by atoms with Crippen LogP contribution in [0.4, 0.5) is 10.2 Å². The van der Waals surface area contributed by atoms with Crippen LogP contribution >= 0.6 is 0 Å². The summed E-state index contributed by atoms with van der Waals surface area (Å²) in [5, 5.41) is 12.9. The fraction of sp³-hybridized carbons (Fsp3) is 0.458. The van der Waals surface area contributed by atoms with E-state index in [1.165, 1.54) is 21.0 Å². The second-order valence-corrected chi connectivity index (χ2v) is 11.4. The quantitative estimate of drug-likeness (QED) is 0.503. The van der Waals surface area contributed by atoms with Crippen LogP contribution in [0.2, 0.25) is 0 Å². The molecule has 2 aliphatic rings. The highest BCUT2D eigenvalue weighted by atomic mass is 32.2. The zero-order valence-corrected chi connectivity index (χ0v) is 20.2. The number of nitrogens with one attached hydrogen (secondary N) is 2. The van der Waals surface area contributed by atoms with Crippen molar-refractivity contribution in [3.05, 3.63) is 47.3 Å². The standard InChI is InChI=1S/C24H28FN5O3S/c1-24(2,25)13-27-34(31,32)23-18-10-17(28-21-6-7-22(33-3)30-29-21)9-15(18)8-16-12-26-20(11-19(16)23)14-4-5-14/h6-8,11-12,14,17,27H,4-5,9-10,13H2,1-3H3,(H,28,29). The minimum Gasteiger partial charge on any atom is -0.480 e. The molecule has 1 aromatic carbocycles. The molecule has 1 saturated carbocycles. The topological polar surface area (TPSA) is 106 Å². The molecule has 0 spiro atoms. The number of sulfonamides is 1. The Bertz CT molecular complexity index is 1340. The van der Waals surface area contributed by atoms with E-state index in [1.54, 1.807) is 18.3 Å². The minimum absolute atomic E-state index is 0.0584. The summed E-state index contributed by atoms with van der Waals surface area (Å²) in [7, 11) is -2.44. The number of aromatic nitrogens is 3. The summed E-state index contributed by atoms with van der Waals surface area (Å²) in [6.07, 6.45) is 5.01. The zero-order chi connectivity index (χ0) is 24.1.